The molecule has 1 aromatic carbocycles. The molecule has 0 aromatic heterocycles. The monoisotopic (exact) mass is 379 g/mol. The zero-order chi connectivity index (χ0) is 18.7. The molecule has 2 fully saturated rings. The Balaban J connectivity index is 1.58. The van der Waals surface area contributed by atoms with Crippen LogP contribution in [0.1, 0.15) is 36.8 Å². The highest BCUT2D eigenvalue weighted by Gasteiger charge is 2.32. The summed E-state index contributed by atoms with van der Waals surface area (Å²) in [6.07, 6.45) is 3.10. The van der Waals surface area contributed by atoms with E-state index < -0.39 is 10.0 Å². The molecular formula is C19H29N3O3S. The number of amides is 1. The fourth-order valence-electron chi connectivity index (χ4n) is 3.67. The average Bonchev–Trinajstić information content (AvgIpc) is 2.65. The predicted molar refractivity (Wildman–Crippen MR) is 101 cm³/mol. The van der Waals surface area contributed by atoms with Gasteiger partial charge in [-0.3, -0.25) is 4.79 Å². The van der Waals surface area contributed by atoms with Crippen molar-refractivity contribution in [2.24, 2.45) is 5.92 Å². The van der Waals surface area contributed by atoms with Crippen LogP contribution >= 0.6 is 0 Å². The van der Waals surface area contributed by atoms with Gasteiger partial charge in [-0.15, -0.1) is 0 Å². The lowest BCUT2D eigenvalue weighted by Gasteiger charge is -2.32. The molecule has 0 atom stereocenters. The van der Waals surface area contributed by atoms with E-state index in [9.17, 15) is 13.2 Å². The third kappa shape index (κ3) is 4.27. The van der Waals surface area contributed by atoms with E-state index in [0.717, 1.165) is 37.1 Å². The number of rotatable bonds is 4. The summed E-state index contributed by atoms with van der Waals surface area (Å²) >= 11 is 0. The molecule has 2 N–H and O–H groups in total. The van der Waals surface area contributed by atoms with Crippen LogP contribution in [0.25, 0.3) is 0 Å². The molecule has 2 saturated heterocycles. The highest BCUT2D eigenvalue weighted by Crippen LogP contribution is 2.25. The van der Waals surface area contributed by atoms with E-state index in [1.54, 1.807) is 12.1 Å². The number of nitrogens with one attached hydrogen (secondary N) is 2. The van der Waals surface area contributed by atoms with Gasteiger partial charge in [-0.05, 0) is 75.9 Å². The van der Waals surface area contributed by atoms with Crippen molar-refractivity contribution < 1.29 is 13.2 Å². The van der Waals surface area contributed by atoms with Gasteiger partial charge in [0.2, 0.25) is 15.9 Å². The van der Waals surface area contributed by atoms with E-state index in [4.69, 9.17) is 0 Å². The molecular weight excluding hydrogens is 350 g/mol. The van der Waals surface area contributed by atoms with Gasteiger partial charge < -0.3 is 10.6 Å². The number of aryl methyl sites for hydroxylation is 2. The molecule has 0 unspecified atom stereocenters. The zero-order valence-corrected chi connectivity index (χ0v) is 16.4. The van der Waals surface area contributed by atoms with Crippen LogP contribution in [0.5, 0.6) is 0 Å². The van der Waals surface area contributed by atoms with E-state index in [1.165, 1.54) is 4.31 Å². The molecule has 0 aliphatic carbocycles. The van der Waals surface area contributed by atoms with Crippen molar-refractivity contribution in [2.45, 2.75) is 50.5 Å². The first-order valence-corrected chi connectivity index (χ1v) is 10.9. The molecule has 26 heavy (non-hydrogen) atoms. The van der Waals surface area contributed by atoms with Gasteiger partial charge in [-0.1, -0.05) is 6.07 Å². The molecule has 1 aromatic rings. The Labute approximate surface area is 156 Å². The summed E-state index contributed by atoms with van der Waals surface area (Å²) in [6, 6.07) is 5.51. The molecule has 2 heterocycles. The van der Waals surface area contributed by atoms with Gasteiger partial charge >= 0.3 is 0 Å². The standard InChI is InChI=1S/C19H29N3O3S/c1-14-3-4-18(13-15(14)2)26(24,25)22-11-7-16(8-12-22)19(23)21-17-5-9-20-10-6-17/h3-4,13,16-17,20H,5-12H2,1-2H3,(H,21,23). The van der Waals surface area contributed by atoms with Crippen LogP contribution in [0, 0.1) is 19.8 Å². The summed E-state index contributed by atoms with van der Waals surface area (Å²) in [5.41, 5.74) is 2.06. The van der Waals surface area contributed by atoms with Gasteiger partial charge in [-0.25, -0.2) is 8.42 Å². The van der Waals surface area contributed by atoms with Crippen molar-refractivity contribution in [3.05, 3.63) is 29.3 Å². The van der Waals surface area contributed by atoms with Gasteiger partial charge in [0.25, 0.3) is 0 Å². The molecule has 7 heteroatoms. The lowest BCUT2D eigenvalue weighted by Crippen LogP contribution is -2.47. The van der Waals surface area contributed by atoms with Crippen molar-refractivity contribution in [1.82, 2.24) is 14.9 Å². The second-order valence-corrected chi connectivity index (χ2v) is 9.40. The Hall–Kier alpha value is -1.44. The minimum Gasteiger partial charge on any atom is -0.353 e. The number of sulfonamides is 1. The predicted octanol–water partition coefficient (Wildman–Crippen LogP) is 1.57. The van der Waals surface area contributed by atoms with E-state index in [2.05, 4.69) is 10.6 Å². The summed E-state index contributed by atoms with van der Waals surface area (Å²) in [4.78, 5) is 12.8. The summed E-state index contributed by atoms with van der Waals surface area (Å²) in [5, 5.41) is 6.43. The first kappa shape index (κ1) is 19.3. The number of hydrogen-bond donors (Lipinski definition) is 2. The fraction of sp³-hybridized carbons (Fsp3) is 0.632. The highest BCUT2D eigenvalue weighted by molar-refractivity contribution is 7.89. The molecule has 0 spiro atoms. The molecule has 0 radical (unpaired) electrons. The Morgan fingerprint density at radius 2 is 1.73 bits per heavy atom. The molecule has 1 amide bonds. The topological polar surface area (TPSA) is 78.5 Å². The fourth-order valence-corrected chi connectivity index (χ4v) is 5.22. The van der Waals surface area contributed by atoms with Gasteiger partial charge in [0, 0.05) is 25.0 Å². The van der Waals surface area contributed by atoms with Crippen LogP contribution < -0.4 is 10.6 Å². The van der Waals surface area contributed by atoms with Crippen molar-refractivity contribution in [1.29, 1.82) is 0 Å². The Morgan fingerprint density at radius 1 is 1.08 bits per heavy atom. The van der Waals surface area contributed by atoms with Crippen LogP contribution in [0.15, 0.2) is 23.1 Å². The van der Waals surface area contributed by atoms with E-state index >= 15 is 0 Å². The minimum absolute atomic E-state index is 0.0835. The quantitative estimate of drug-likeness (QED) is 0.832. The van der Waals surface area contributed by atoms with Crippen LogP contribution in [0.2, 0.25) is 0 Å². The lowest BCUT2D eigenvalue weighted by atomic mass is 9.96. The van der Waals surface area contributed by atoms with Gasteiger partial charge in [0.1, 0.15) is 0 Å². The van der Waals surface area contributed by atoms with Gasteiger partial charge in [0.15, 0.2) is 0 Å². The molecule has 2 aliphatic rings. The first-order chi connectivity index (χ1) is 12.4. The largest absolute Gasteiger partial charge is 0.353 e. The Kier molecular flexibility index (Phi) is 5.99. The number of piperidine rings is 2. The number of carbonyl (C=O) groups is 1. The lowest BCUT2D eigenvalue weighted by molar-refractivity contribution is -0.127. The summed E-state index contributed by atoms with van der Waals surface area (Å²) in [7, 11) is -3.48. The van der Waals surface area contributed by atoms with Crippen molar-refractivity contribution >= 4 is 15.9 Å². The van der Waals surface area contributed by atoms with Gasteiger partial charge in [0.05, 0.1) is 4.90 Å². The maximum absolute atomic E-state index is 12.9. The van der Waals surface area contributed by atoms with E-state index in [1.807, 2.05) is 19.9 Å². The molecule has 6 nitrogen and oxygen atoms in total. The maximum Gasteiger partial charge on any atom is 0.243 e. The van der Waals surface area contributed by atoms with Crippen molar-refractivity contribution in [3.63, 3.8) is 0 Å². The molecule has 2 aliphatic heterocycles. The number of benzene rings is 1. The normalized spacial score (nSPS) is 20.8. The van der Waals surface area contributed by atoms with Crippen LogP contribution in [-0.4, -0.2) is 50.9 Å². The maximum atomic E-state index is 12.9. The van der Waals surface area contributed by atoms with E-state index in [0.29, 0.717) is 30.8 Å². The summed E-state index contributed by atoms with van der Waals surface area (Å²) < 4.78 is 27.2. The number of hydrogen-bond acceptors (Lipinski definition) is 4. The first-order valence-electron chi connectivity index (χ1n) is 9.46. The smallest absolute Gasteiger partial charge is 0.243 e. The van der Waals surface area contributed by atoms with E-state index in [-0.39, 0.29) is 17.9 Å². The minimum atomic E-state index is -3.48. The third-order valence-electron chi connectivity index (χ3n) is 5.63. The third-order valence-corrected chi connectivity index (χ3v) is 7.52. The SMILES string of the molecule is Cc1ccc(S(=O)(=O)N2CCC(C(=O)NC3CCNCC3)CC2)cc1C. The Morgan fingerprint density at radius 3 is 2.35 bits per heavy atom. The zero-order valence-electron chi connectivity index (χ0n) is 15.6. The second kappa shape index (κ2) is 8.06. The van der Waals surface area contributed by atoms with Gasteiger partial charge in [-0.2, -0.15) is 4.31 Å². The summed E-state index contributed by atoms with van der Waals surface area (Å²) in [6.45, 7) is 6.58. The molecule has 0 saturated carbocycles. The summed E-state index contributed by atoms with van der Waals surface area (Å²) in [5.74, 6) is -0.00350. The number of carbonyl (C=O) groups excluding carboxylic acids is 1. The van der Waals surface area contributed by atoms with Crippen LogP contribution in [0.3, 0.4) is 0 Å². The molecule has 144 valence electrons. The number of nitrogens with zero attached hydrogens (tertiary/aromatic N) is 1. The van der Waals surface area contributed by atoms with Crippen LogP contribution in [0.4, 0.5) is 0 Å². The molecule has 3 rings (SSSR count). The molecule has 0 bridgehead atoms. The Bertz CT molecular complexity index is 749. The highest BCUT2D eigenvalue weighted by atomic mass is 32.2. The van der Waals surface area contributed by atoms with Crippen molar-refractivity contribution in [2.75, 3.05) is 26.2 Å². The second-order valence-electron chi connectivity index (χ2n) is 7.46. The average molecular weight is 380 g/mol. The van der Waals surface area contributed by atoms with Crippen LogP contribution in [-0.2, 0) is 14.8 Å². The van der Waals surface area contributed by atoms with Crippen molar-refractivity contribution in [3.8, 4) is 0 Å².